The molecule has 0 fully saturated rings. The third-order valence-corrected chi connectivity index (χ3v) is 3.59. The third-order valence-electron chi connectivity index (χ3n) is 2.87. The van der Waals surface area contributed by atoms with Gasteiger partial charge in [0.1, 0.15) is 6.04 Å². The number of carbonyl (C=O) groups is 2. The van der Waals surface area contributed by atoms with Crippen LogP contribution in [0, 0.1) is 9.49 Å². The second-order valence-electron chi connectivity index (χ2n) is 4.18. The quantitative estimate of drug-likeness (QED) is 0.793. The zero-order valence-electron chi connectivity index (χ0n) is 10.3. The summed E-state index contributed by atoms with van der Waals surface area (Å²) < 4.78 is 1.03. The van der Waals surface area contributed by atoms with E-state index in [9.17, 15) is 9.59 Å². The van der Waals surface area contributed by atoms with Gasteiger partial charge >= 0.3 is 5.97 Å². The Morgan fingerprint density at radius 1 is 1.33 bits per heavy atom. The number of hydrogen-bond acceptors (Lipinski definition) is 2. The summed E-state index contributed by atoms with van der Waals surface area (Å²) in [5.41, 5.74) is 0.477. The molecule has 18 heavy (non-hydrogen) atoms. The zero-order valence-corrected chi connectivity index (χ0v) is 12.5. The molecule has 0 bridgehead atoms. The second kappa shape index (κ2) is 6.72. The van der Waals surface area contributed by atoms with Gasteiger partial charge < -0.3 is 10.4 Å². The Morgan fingerprint density at radius 2 is 1.89 bits per heavy atom. The fraction of sp³-hybridized carbons (Fsp3) is 0.385. The van der Waals surface area contributed by atoms with Crippen LogP contribution in [0.15, 0.2) is 24.3 Å². The standard InChI is InChI=1S/C13H16INO3/c1-3-8(2)11(13(17)18)15-12(16)9-4-6-10(14)7-5-9/h4-8,11H,3H2,1-2H3,(H,15,16)(H,17,18). The molecular weight excluding hydrogens is 345 g/mol. The molecule has 0 aliphatic heterocycles. The fourth-order valence-corrected chi connectivity index (χ4v) is 1.87. The van der Waals surface area contributed by atoms with E-state index < -0.39 is 12.0 Å². The minimum atomic E-state index is -0.997. The molecule has 2 N–H and O–H groups in total. The van der Waals surface area contributed by atoms with E-state index >= 15 is 0 Å². The molecule has 1 aromatic rings. The molecule has 1 rings (SSSR count). The van der Waals surface area contributed by atoms with Gasteiger partial charge in [-0.25, -0.2) is 4.79 Å². The molecule has 98 valence electrons. The molecule has 2 unspecified atom stereocenters. The average Bonchev–Trinajstić information content (AvgIpc) is 2.35. The molecule has 2 atom stereocenters. The average molecular weight is 361 g/mol. The largest absolute Gasteiger partial charge is 0.480 e. The highest BCUT2D eigenvalue weighted by Crippen LogP contribution is 2.11. The Bertz CT molecular complexity index is 430. The van der Waals surface area contributed by atoms with Crippen LogP contribution in [0.1, 0.15) is 30.6 Å². The first kappa shape index (κ1) is 14.9. The van der Waals surface area contributed by atoms with Crippen molar-refractivity contribution in [1.29, 1.82) is 0 Å². The van der Waals surface area contributed by atoms with Gasteiger partial charge in [0, 0.05) is 9.13 Å². The van der Waals surface area contributed by atoms with Gasteiger partial charge in [-0.05, 0) is 52.8 Å². The Balaban J connectivity index is 2.78. The molecule has 0 heterocycles. The summed E-state index contributed by atoms with van der Waals surface area (Å²) in [7, 11) is 0. The first-order chi connectivity index (χ1) is 8.45. The maximum absolute atomic E-state index is 11.9. The summed E-state index contributed by atoms with van der Waals surface area (Å²) in [4.78, 5) is 23.0. The van der Waals surface area contributed by atoms with Crippen molar-refractivity contribution in [1.82, 2.24) is 5.32 Å². The van der Waals surface area contributed by atoms with Crippen molar-refractivity contribution >= 4 is 34.5 Å². The van der Waals surface area contributed by atoms with Crippen LogP contribution in [0.5, 0.6) is 0 Å². The van der Waals surface area contributed by atoms with Gasteiger partial charge in [-0.3, -0.25) is 4.79 Å². The van der Waals surface area contributed by atoms with Crippen molar-refractivity contribution in [2.75, 3.05) is 0 Å². The molecule has 0 saturated heterocycles. The molecule has 0 aliphatic rings. The van der Waals surface area contributed by atoms with Crippen molar-refractivity contribution in [2.24, 2.45) is 5.92 Å². The zero-order chi connectivity index (χ0) is 13.7. The van der Waals surface area contributed by atoms with Crippen LogP contribution >= 0.6 is 22.6 Å². The first-order valence-electron chi connectivity index (χ1n) is 5.75. The van der Waals surface area contributed by atoms with Gasteiger partial charge in [-0.1, -0.05) is 20.3 Å². The molecular formula is C13H16INO3. The van der Waals surface area contributed by atoms with Crippen LogP contribution < -0.4 is 5.32 Å². The number of benzene rings is 1. The number of carboxylic acids is 1. The van der Waals surface area contributed by atoms with Crippen molar-refractivity contribution in [2.45, 2.75) is 26.3 Å². The molecule has 0 aliphatic carbocycles. The summed E-state index contributed by atoms with van der Waals surface area (Å²) in [6, 6.07) is 6.16. The Hall–Kier alpha value is -1.11. The molecule has 5 heteroatoms. The lowest BCUT2D eigenvalue weighted by atomic mass is 9.99. The van der Waals surface area contributed by atoms with Gasteiger partial charge in [0.25, 0.3) is 5.91 Å². The Labute approximate surface area is 120 Å². The number of rotatable bonds is 5. The van der Waals surface area contributed by atoms with Crippen molar-refractivity contribution < 1.29 is 14.7 Å². The van der Waals surface area contributed by atoms with E-state index in [1.165, 1.54) is 0 Å². The molecule has 0 aromatic heterocycles. The van der Waals surface area contributed by atoms with Gasteiger partial charge in [-0.2, -0.15) is 0 Å². The van der Waals surface area contributed by atoms with Crippen molar-refractivity contribution in [3.8, 4) is 0 Å². The van der Waals surface area contributed by atoms with Crippen LogP contribution in [0.2, 0.25) is 0 Å². The lowest BCUT2D eigenvalue weighted by Crippen LogP contribution is -2.45. The third kappa shape index (κ3) is 3.97. The van der Waals surface area contributed by atoms with Crippen molar-refractivity contribution in [3.63, 3.8) is 0 Å². The highest BCUT2D eigenvalue weighted by atomic mass is 127. The summed E-state index contributed by atoms with van der Waals surface area (Å²) in [5.74, 6) is -1.45. The molecule has 0 spiro atoms. The number of carbonyl (C=O) groups excluding carboxylic acids is 1. The van der Waals surface area contributed by atoms with Crippen LogP contribution in [0.3, 0.4) is 0 Å². The summed E-state index contributed by atoms with van der Waals surface area (Å²) in [6.07, 6.45) is 0.698. The minimum absolute atomic E-state index is 0.102. The van der Waals surface area contributed by atoms with Crippen LogP contribution in [-0.2, 0) is 4.79 Å². The second-order valence-corrected chi connectivity index (χ2v) is 5.43. The van der Waals surface area contributed by atoms with Crippen molar-refractivity contribution in [3.05, 3.63) is 33.4 Å². The fourth-order valence-electron chi connectivity index (χ4n) is 1.51. The molecule has 0 saturated carbocycles. The summed E-state index contributed by atoms with van der Waals surface area (Å²) in [5, 5.41) is 11.7. The molecule has 1 amide bonds. The van der Waals surface area contributed by atoms with Gasteiger partial charge in [-0.15, -0.1) is 0 Å². The van der Waals surface area contributed by atoms with Crippen LogP contribution in [0.25, 0.3) is 0 Å². The lowest BCUT2D eigenvalue weighted by Gasteiger charge is -2.20. The Kier molecular flexibility index (Phi) is 5.58. The van der Waals surface area contributed by atoms with E-state index in [1.54, 1.807) is 12.1 Å². The van der Waals surface area contributed by atoms with E-state index in [4.69, 9.17) is 5.11 Å². The molecule has 4 nitrogen and oxygen atoms in total. The van der Waals surface area contributed by atoms with Gasteiger partial charge in [0.2, 0.25) is 0 Å². The first-order valence-corrected chi connectivity index (χ1v) is 6.82. The highest BCUT2D eigenvalue weighted by molar-refractivity contribution is 14.1. The predicted octanol–water partition coefficient (Wildman–Crippen LogP) is 2.52. The van der Waals surface area contributed by atoms with E-state index in [0.717, 1.165) is 3.57 Å². The number of carboxylic acid groups (broad SMARTS) is 1. The minimum Gasteiger partial charge on any atom is -0.480 e. The van der Waals surface area contributed by atoms with Crippen LogP contribution in [0.4, 0.5) is 0 Å². The maximum atomic E-state index is 11.9. The van der Waals surface area contributed by atoms with Crippen LogP contribution in [-0.4, -0.2) is 23.0 Å². The number of halogens is 1. The summed E-state index contributed by atoms with van der Waals surface area (Å²) in [6.45, 7) is 3.71. The van der Waals surface area contributed by atoms with E-state index in [2.05, 4.69) is 27.9 Å². The van der Waals surface area contributed by atoms with E-state index in [1.807, 2.05) is 26.0 Å². The number of hydrogen-bond donors (Lipinski definition) is 2. The Morgan fingerprint density at radius 3 is 2.33 bits per heavy atom. The molecule has 0 radical (unpaired) electrons. The summed E-state index contributed by atoms with van der Waals surface area (Å²) >= 11 is 2.15. The highest BCUT2D eigenvalue weighted by Gasteiger charge is 2.25. The number of amides is 1. The maximum Gasteiger partial charge on any atom is 0.326 e. The topological polar surface area (TPSA) is 66.4 Å². The smallest absolute Gasteiger partial charge is 0.326 e. The number of aliphatic carboxylic acids is 1. The lowest BCUT2D eigenvalue weighted by molar-refractivity contribution is -0.140. The van der Waals surface area contributed by atoms with Gasteiger partial charge in [0.15, 0.2) is 0 Å². The van der Waals surface area contributed by atoms with E-state index in [0.29, 0.717) is 12.0 Å². The normalized spacial score (nSPS) is 13.7. The van der Waals surface area contributed by atoms with Gasteiger partial charge in [0.05, 0.1) is 0 Å². The molecule has 1 aromatic carbocycles. The SMILES string of the molecule is CCC(C)C(NC(=O)c1ccc(I)cc1)C(=O)O. The number of nitrogens with one attached hydrogen (secondary N) is 1. The monoisotopic (exact) mass is 361 g/mol. The predicted molar refractivity (Wildman–Crippen MR) is 77.5 cm³/mol. The van der Waals surface area contributed by atoms with E-state index in [-0.39, 0.29) is 11.8 Å².